The third kappa shape index (κ3) is 3.47. The van der Waals surface area contributed by atoms with Gasteiger partial charge in [0.2, 0.25) is 0 Å². The number of nitrogens with two attached hydrogens (primary N) is 2. The van der Waals surface area contributed by atoms with Gasteiger partial charge in [0, 0.05) is 12.6 Å². The molecule has 4 heteroatoms. The van der Waals surface area contributed by atoms with Crippen molar-refractivity contribution in [1.29, 1.82) is 0 Å². The van der Waals surface area contributed by atoms with Gasteiger partial charge in [0.05, 0.1) is 7.11 Å². The summed E-state index contributed by atoms with van der Waals surface area (Å²) in [5.74, 6) is 2.29. The predicted octanol–water partition coefficient (Wildman–Crippen LogP) is 2.45. The van der Waals surface area contributed by atoms with Gasteiger partial charge in [0.15, 0.2) is 0 Å². The second-order valence-corrected chi connectivity index (χ2v) is 4.19. The Morgan fingerprint density at radius 1 is 1.00 bits per heavy atom. The Balaban J connectivity index is 2.13. The van der Waals surface area contributed by atoms with Crippen molar-refractivity contribution in [1.82, 2.24) is 0 Å². The minimum absolute atomic E-state index is 0.167. The zero-order valence-corrected chi connectivity index (χ0v) is 10.9. The lowest BCUT2D eigenvalue weighted by atomic mass is 10.1. The molecule has 0 aromatic heterocycles. The van der Waals surface area contributed by atoms with E-state index in [1.165, 1.54) is 0 Å². The summed E-state index contributed by atoms with van der Waals surface area (Å²) in [4.78, 5) is 0. The molecule has 19 heavy (non-hydrogen) atoms. The molecule has 2 aromatic rings. The van der Waals surface area contributed by atoms with Crippen molar-refractivity contribution in [2.45, 2.75) is 6.04 Å². The van der Waals surface area contributed by atoms with Crippen molar-refractivity contribution < 1.29 is 9.47 Å². The van der Waals surface area contributed by atoms with E-state index in [0.29, 0.717) is 6.54 Å². The molecule has 0 saturated heterocycles. The summed E-state index contributed by atoms with van der Waals surface area (Å²) in [6.45, 7) is 0.409. The number of rotatable bonds is 5. The fourth-order valence-corrected chi connectivity index (χ4v) is 1.72. The van der Waals surface area contributed by atoms with Crippen molar-refractivity contribution >= 4 is 0 Å². The van der Waals surface area contributed by atoms with Crippen LogP contribution in [0.2, 0.25) is 0 Å². The van der Waals surface area contributed by atoms with E-state index < -0.39 is 0 Å². The minimum Gasteiger partial charge on any atom is -0.497 e. The van der Waals surface area contributed by atoms with Crippen LogP contribution < -0.4 is 20.9 Å². The molecule has 2 rings (SSSR count). The lowest BCUT2D eigenvalue weighted by molar-refractivity contribution is 0.413. The van der Waals surface area contributed by atoms with Gasteiger partial charge in [-0.05, 0) is 42.0 Å². The number of hydrogen-bond donors (Lipinski definition) is 2. The van der Waals surface area contributed by atoms with Crippen molar-refractivity contribution in [3.05, 3.63) is 54.1 Å². The molecule has 0 saturated carbocycles. The summed E-state index contributed by atoms with van der Waals surface area (Å²) in [6.07, 6.45) is 0. The molecule has 0 amide bonds. The van der Waals surface area contributed by atoms with Gasteiger partial charge in [-0.3, -0.25) is 0 Å². The molecule has 4 N–H and O–H groups in total. The largest absolute Gasteiger partial charge is 0.497 e. The SMILES string of the molecule is COc1ccc(Oc2cccc(C(N)CN)c2)cc1. The third-order valence-electron chi connectivity index (χ3n) is 2.84. The van der Waals surface area contributed by atoms with Crippen molar-refractivity contribution in [3.8, 4) is 17.2 Å². The molecule has 1 unspecified atom stereocenters. The Morgan fingerprint density at radius 3 is 2.32 bits per heavy atom. The Morgan fingerprint density at radius 2 is 1.68 bits per heavy atom. The van der Waals surface area contributed by atoms with Gasteiger partial charge in [-0.2, -0.15) is 0 Å². The zero-order valence-electron chi connectivity index (χ0n) is 10.9. The Kier molecular flexibility index (Phi) is 4.39. The average molecular weight is 258 g/mol. The highest BCUT2D eigenvalue weighted by Gasteiger charge is 2.05. The highest BCUT2D eigenvalue weighted by Crippen LogP contribution is 2.25. The summed E-state index contributed by atoms with van der Waals surface area (Å²) < 4.78 is 10.9. The number of ether oxygens (including phenoxy) is 2. The fourth-order valence-electron chi connectivity index (χ4n) is 1.72. The van der Waals surface area contributed by atoms with Crippen molar-refractivity contribution in [2.24, 2.45) is 11.5 Å². The quantitative estimate of drug-likeness (QED) is 0.864. The van der Waals surface area contributed by atoms with Crippen LogP contribution in [-0.2, 0) is 0 Å². The fraction of sp³-hybridized carbons (Fsp3) is 0.200. The molecular weight excluding hydrogens is 240 g/mol. The van der Waals surface area contributed by atoms with Crippen LogP contribution in [0.1, 0.15) is 11.6 Å². The molecule has 4 nitrogen and oxygen atoms in total. The van der Waals surface area contributed by atoms with Crippen LogP contribution in [0.3, 0.4) is 0 Å². The zero-order chi connectivity index (χ0) is 13.7. The summed E-state index contributed by atoms with van der Waals surface area (Å²) in [7, 11) is 1.63. The van der Waals surface area contributed by atoms with Gasteiger partial charge in [0.1, 0.15) is 17.2 Å². The van der Waals surface area contributed by atoms with Crippen LogP contribution in [0.15, 0.2) is 48.5 Å². The molecule has 0 bridgehead atoms. The first-order valence-electron chi connectivity index (χ1n) is 6.10. The first kappa shape index (κ1) is 13.4. The van der Waals surface area contributed by atoms with E-state index in [9.17, 15) is 0 Å². The number of benzene rings is 2. The maximum atomic E-state index is 5.90. The van der Waals surface area contributed by atoms with E-state index in [1.54, 1.807) is 7.11 Å². The van der Waals surface area contributed by atoms with Crippen LogP contribution in [0, 0.1) is 0 Å². The van der Waals surface area contributed by atoms with E-state index in [4.69, 9.17) is 20.9 Å². The van der Waals surface area contributed by atoms with E-state index in [2.05, 4.69) is 0 Å². The van der Waals surface area contributed by atoms with E-state index in [0.717, 1.165) is 22.8 Å². The number of hydrogen-bond acceptors (Lipinski definition) is 4. The molecular formula is C15H18N2O2. The third-order valence-corrected chi connectivity index (χ3v) is 2.84. The Hall–Kier alpha value is -2.04. The molecule has 0 aliphatic heterocycles. The topological polar surface area (TPSA) is 70.5 Å². The molecule has 0 spiro atoms. The van der Waals surface area contributed by atoms with Crippen LogP contribution in [0.4, 0.5) is 0 Å². The average Bonchev–Trinajstić information content (AvgIpc) is 2.47. The Bertz CT molecular complexity index is 526. The standard InChI is InChI=1S/C15H18N2O2/c1-18-12-5-7-13(8-6-12)19-14-4-2-3-11(9-14)15(17)10-16/h2-9,15H,10,16-17H2,1H3. The molecule has 0 aliphatic carbocycles. The molecule has 0 fully saturated rings. The van der Waals surface area contributed by atoms with Gasteiger partial charge in [0.25, 0.3) is 0 Å². The maximum absolute atomic E-state index is 5.90. The summed E-state index contributed by atoms with van der Waals surface area (Å²) in [5, 5.41) is 0. The molecule has 100 valence electrons. The highest BCUT2D eigenvalue weighted by molar-refractivity contribution is 5.37. The summed E-state index contributed by atoms with van der Waals surface area (Å²) >= 11 is 0. The van der Waals surface area contributed by atoms with Crippen molar-refractivity contribution in [3.63, 3.8) is 0 Å². The van der Waals surface area contributed by atoms with Gasteiger partial charge >= 0.3 is 0 Å². The van der Waals surface area contributed by atoms with Crippen LogP contribution >= 0.6 is 0 Å². The molecule has 0 aliphatic rings. The minimum atomic E-state index is -0.167. The van der Waals surface area contributed by atoms with Gasteiger partial charge in [-0.1, -0.05) is 12.1 Å². The summed E-state index contributed by atoms with van der Waals surface area (Å²) in [5.41, 5.74) is 12.4. The monoisotopic (exact) mass is 258 g/mol. The van der Waals surface area contributed by atoms with E-state index >= 15 is 0 Å². The maximum Gasteiger partial charge on any atom is 0.127 e. The smallest absolute Gasteiger partial charge is 0.127 e. The second kappa shape index (κ2) is 6.22. The van der Waals surface area contributed by atoms with E-state index in [-0.39, 0.29) is 6.04 Å². The lowest BCUT2D eigenvalue weighted by Crippen LogP contribution is -2.20. The number of methoxy groups -OCH3 is 1. The normalized spacial score (nSPS) is 11.9. The first-order valence-corrected chi connectivity index (χ1v) is 6.10. The highest BCUT2D eigenvalue weighted by atomic mass is 16.5. The van der Waals surface area contributed by atoms with Crippen molar-refractivity contribution in [2.75, 3.05) is 13.7 Å². The molecule has 0 radical (unpaired) electrons. The van der Waals surface area contributed by atoms with E-state index in [1.807, 2.05) is 48.5 Å². The van der Waals surface area contributed by atoms with Gasteiger partial charge in [-0.15, -0.1) is 0 Å². The van der Waals surface area contributed by atoms with Gasteiger partial charge < -0.3 is 20.9 Å². The lowest BCUT2D eigenvalue weighted by Gasteiger charge is -2.11. The Labute approximate surface area is 112 Å². The van der Waals surface area contributed by atoms with Crippen LogP contribution in [0.5, 0.6) is 17.2 Å². The molecule has 2 aromatic carbocycles. The summed E-state index contributed by atoms with van der Waals surface area (Å²) in [6, 6.07) is 14.9. The van der Waals surface area contributed by atoms with Crippen LogP contribution in [0.25, 0.3) is 0 Å². The first-order chi connectivity index (χ1) is 9.22. The predicted molar refractivity (Wildman–Crippen MR) is 75.5 cm³/mol. The molecule has 0 heterocycles. The van der Waals surface area contributed by atoms with Crippen LogP contribution in [-0.4, -0.2) is 13.7 Å². The second-order valence-electron chi connectivity index (χ2n) is 4.19. The molecule has 1 atom stereocenters. The van der Waals surface area contributed by atoms with Gasteiger partial charge in [-0.25, -0.2) is 0 Å².